The lowest BCUT2D eigenvalue weighted by atomic mass is 9.94. The number of hydrazine groups is 1. The molecule has 9 heteroatoms. The molecular formula is C17H22N4O5. The predicted molar refractivity (Wildman–Crippen MR) is 92.9 cm³/mol. The average molecular weight is 362 g/mol. The van der Waals surface area contributed by atoms with Crippen LogP contribution in [0.5, 0.6) is 0 Å². The molecule has 2 N–H and O–H groups in total. The highest BCUT2D eigenvalue weighted by Crippen LogP contribution is 2.25. The van der Waals surface area contributed by atoms with Gasteiger partial charge in [0.1, 0.15) is 6.04 Å². The summed E-state index contributed by atoms with van der Waals surface area (Å²) in [7, 11) is 0. The van der Waals surface area contributed by atoms with E-state index in [1.807, 2.05) is 0 Å². The number of carbonyl (C=O) groups is 3. The van der Waals surface area contributed by atoms with Gasteiger partial charge in [-0.05, 0) is 18.9 Å². The molecule has 1 aliphatic rings. The fourth-order valence-corrected chi connectivity index (χ4v) is 2.75. The summed E-state index contributed by atoms with van der Waals surface area (Å²) in [5.74, 6) is -1.28. The number of benzene rings is 1. The van der Waals surface area contributed by atoms with Gasteiger partial charge in [-0.2, -0.15) is 0 Å². The minimum absolute atomic E-state index is 0.0496. The van der Waals surface area contributed by atoms with E-state index in [2.05, 4.69) is 10.9 Å². The molecule has 1 aromatic carbocycles. The molecule has 1 aromatic rings. The Morgan fingerprint density at radius 3 is 2.54 bits per heavy atom. The van der Waals surface area contributed by atoms with Gasteiger partial charge in [0, 0.05) is 29.7 Å². The van der Waals surface area contributed by atoms with Crippen molar-refractivity contribution in [3.05, 3.63) is 39.9 Å². The molecule has 0 spiro atoms. The van der Waals surface area contributed by atoms with E-state index in [1.54, 1.807) is 20.8 Å². The summed E-state index contributed by atoms with van der Waals surface area (Å²) >= 11 is 0. The highest BCUT2D eigenvalue weighted by Gasteiger charge is 2.38. The van der Waals surface area contributed by atoms with Crippen molar-refractivity contribution < 1.29 is 19.3 Å². The molecule has 0 bridgehead atoms. The zero-order valence-electron chi connectivity index (χ0n) is 14.9. The van der Waals surface area contributed by atoms with Gasteiger partial charge in [-0.3, -0.25) is 35.3 Å². The van der Waals surface area contributed by atoms with Crippen molar-refractivity contribution in [2.45, 2.75) is 39.7 Å². The third kappa shape index (κ3) is 4.35. The summed E-state index contributed by atoms with van der Waals surface area (Å²) in [6.07, 6.45) is 1.22. The summed E-state index contributed by atoms with van der Waals surface area (Å²) in [4.78, 5) is 48.6. The van der Waals surface area contributed by atoms with E-state index in [-0.39, 0.29) is 17.2 Å². The minimum atomic E-state index is -0.672. The SMILES string of the molecule is CC(C)(C)C(=O)N1CCCC1C(=O)NNC(=O)c1cccc([N+](=O)[O-])c1. The Labute approximate surface area is 150 Å². The lowest BCUT2D eigenvalue weighted by Gasteiger charge is -2.30. The zero-order chi connectivity index (χ0) is 19.5. The number of carbonyl (C=O) groups excluding carboxylic acids is 3. The third-order valence-corrected chi connectivity index (χ3v) is 4.08. The van der Waals surface area contributed by atoms with Crippen molar-refractivity contribution in [3.8, 4) is 0 Å². The maximum Gasteiger partial charge on any atom is 0.270 e. The molecule has 1 unspecified atom stereocenters. The normalized spacial score (nSPS) is 16.9. The van der Waals surface area contributed by atoms with Crippen molar-refractivity contribution in [2.24, 2.45) is 5.41 Å². The van der Waals surface area contributed by atoms with Crippen LogP contribution in [0.4, 0.5) is 5.69 Å². The van der Waals surface area contributed by atoms with Crippen LogP contribution in [-0.2, 0) is 9.59 Å². The van der Waals surface area contributed by atoms with E-state index < -0.39 is 28.2 Å². The Morgan fingerprint density at radius 1 is 1.23 bits per heavy atom. The summed E-state index contributed by atoms with van der Waals surface area (Å²) in [5.41, 5.74) is 3.77. The Kier molecular flexibility index (Phi) is 5.59. The average Bonchev–Trinajstić information content (AvgIpc) is 3.07. The van der Waals surface area contributed by atoms with Gasteiger partial charge in [0.25, 0.3) is 17.5 Å². The van der Waals surface area contributed by atoms with Crippen LogP contribution in [0.3, 0.4) is 0 Å². The van der Waals surface area contributed by atoms with Gasteiger partial charge < -0.3 is 4.90 Å². The topological polar surface area (TPSA) is 122 Å². The Hall–Kier alpha value is -2.97. The molecule has 0 aliphatic carbocycles. The lowest BCUT2D eigenvalue weighted by molar-refractivity contribution is -0.384. The maximum absolute atomic E-state index is 12.4. The van der Waals surface area contributed by atoms with Crippen LogP contribution in [0.2, 0.25) is 0 Å². The number of nitrogens with zero attached hydrogens (tertiary/aromatic N) is 2. The van der Waals surface area contributed by atoms with Gasteiger partial charge >= 0.3 is 0 Å². The van der Waals surface area contributed by atoms with Crippen LogP contribution < -0.4 is 10.9 Å². The summed E-state index contributed by atoms with van der Waals surface area (Å²) < 4.78 is 0. The number of rotatable bonds is 3. The molecule has 1 heterocycles. The molecule has 1 atom stereocenters. The number of likely N-dealkylation sites (tertiary alicyclic amines) is 1. The maximum atomic E-state index is 12.4. The molecule has 0 saturated carbocycles. The van der Waals surface area contributed by atoms with Gasteiger partial charge in [0.15, 0.2) is 0 Å². The second-order valence-corrected chi connectivity index (χ2v) is 7.16. The fraction of sp³-hybridized carbons (Fsp3) is 0.471. The minimum Gasteiger partial charge on any atom is -0.330 e. The van der Waals surface area contributed by atoms with Crippen molar-refractivity contribution in [1.82, 2.24) is 15.8 Å². The Morgan fingerprint density at radius 2 is 1.92 bits per heavy atom. The molecule has 1 fully saturated rings. The lowest BCUT2D eigenvalue weighted by Crippen LogP contribution is -2.53. The first-order chi connectivity index (χ1) is 12.1. The first-order valence-electron chi connectivity index (χ1n) is 8.27. The number of non-ortho nitro benzene ring substituents is 1. The smallest absolute Gasteiger partial charge is 0.270 e. The van der Waals surface area contributed by atoms with Crippen molar-refractivity contribution in [3.63, 3.8) is 0 Å². The standard InChI is InChI=1S/C17H22N4O5/c1-17(2,3)16(24)20-9-5-8-13(20)15(23)19-18-14(22)11-6-4-7-12(10-11)21(25)26/h4,6-7,10,13H,5,8-9H2,1-3H3,(H,18,22)(H,19,23). The quantitative estimate of drug-likeness (QED) is 0.622. The van der Waals surface area contributed by atoms with Gasteiger partial charge in [0.2, 0.25) is 5.91 Å². The van der Waals surface area contributed by atoms with Crippen LogP contribution in [0.25, 0.3) is 0 Å². The Balaban J connectivity index is 1.99. The van der Waals surface area contributed by atoms with E-state index in [0.29, 0.717) is 19.4 Å². The molecular weight excluding hydrogens is 340 g/mol. The number of hydrogen-bond acceptors (Lipinski definition) is 5. The highest BCUT2D eigenvalue weighted by atomic mass is 16.6. The molecule has 3 amide bonds. The van der Waals surface area contributed by atoms with Gasteiger partial charge in [-0.25, -0.2) is 0 Å². The van der Waals surface area contributed by atoms with Crippen LogP contribution in [0, 0.1) is 15.5 Å². The first kappa shape index (κ1) is 19.4. The zero-order valence-corrected chi connectivity index (χ0v) is 14.9. The monoisotopic (exact) mass is 362 g/mol. The van der Waals surface area contributed by atoms with E-state index >= 15 is 0 Å². The molecule has 1 saturated heterocycles. The number of nitrogens with one attached hydrogen (secondary N) is 2. The van der Waals surface area contributed by atoms with Gasteiger partial charge in [0.05, 0.1) is 4.92 Å². The third-order valence-electron chi connectivity index (χ3n) is 4.08. The van der Waals surface area contributed by atoms with Crippen LogP contribution in [-0.4, -0.2) is 40.1 Å². The van der Waals surface area contributed by atoms with E-state index in [9.17, 15) is 24.5 Å². The molecule has 2 rings (SSSR count). The van der Waals surface area contributed by atoms with Crippen LogP contribution in [0.1, 0.15) is 44.0 Å². The second kappa shape index (κ2) is 7.51. The molecule has 0 aromatic heterocycles. The Bertz CT molecular complexity index is 741. The predicted octanol–water partition coefficient (Wildman–Crippen LogP) is 1.39. The molecule has 9 nitrogen and oxygen atoms in total. The highest BCUT2D eigenvalue weighted by molar-refractivity contribution is 5.97. The molecule has 26 heavy (non-hydrogen) atoms. The van der Waals surface area contributed by atoms with Crippen molar-refractivity contribution in [1.29, 1.82) is 0 Å². The van der Waals surface area contributed by atoms with Gasteiger partial charge in [-0.1, -0.05) is 26.8 Å². The fourth-order valence-electron chi connectivity index (χ4n) is 2.75. The second-order valence-electron chi connectivity index (χ2n) is 7.16. The number of amides is 3. The summed E-state index contributed by atoms with van der Waals surface area (Å²) in [5, 5.41) is 10.8. The summed E-state index contributed by atoms with van der Waals surface area (Å²) in [6, 6.07) is 4.53. The number of nitro groups is 1. The van der Waals surface area contributed by atoms with Gasteiger partial charge in [-0.15, -0.1) is 0 Å². The summed E-state index contributed by atoms with van der Waals surface area (Å²) in [6.45, 7) is 5.85. The molecule has 1 aliphatic heterocycles. The van der Waals surface area contributed by atoms with Crippen molar-refractivity contribution in [2.75, 3.05) is 6.54 Å². The van der Waals surface area contributed by atoms with E-state index in [0.717, 1.165) is 6.07 Å². The van der Waals surface area contributed by atoms with Crippen LogP contribution >= 0.6 is 0 Å². The first-order valence-corrected chi connectivity index (χ1v) is 8.27. The largest absolute Gasteiger partial charge is 0.330 e. The van der Waals surface area contributed by atoms with Crippen LogP contribution in [0.15, 0.2) is 24.3 Å². The van der Waals surface area contributed by atoms with E-state index in [1.165, 1.54) is 23.1 Å². The number of nitro benzene ring substituents is 1. The van der Waals surface area contributed by atoms with E-state index in [4.69, 9.17) is 0 Å². The molecule has 0 radical (unpaired) electrons. The number of hydrogen-bond donors (Lipinski definition) is 2. The van der Waals surface area contributed by atoms with Crippen molar-refractivity contribution >= 4 is 23.4 Å². The molecule has 140 valence electrons.